The molecule has 2 heterocycles. The molecule has 4 heteroatoms. The van der Waals surface area contributed by atoms with Crippen molar-refractivity contribution < 1.29 is 14.2 Å². The first-order valence-electron chi connectivity index (χ1n) is 5.19. The van der Waals surface area contributed by atoms with E-state index in [-0.39, 0.29) is 12.2 Å². The Kier molecular flexibility index (Phi) is 2.01. The van der Waals surface area contributed by atoms with E-state index in [1.165, 1.54) is 0 Å². The number of ether oxygens (including phenoxy) is 3. The van der Waals surface area contributed by atoms with Gasteiger partial charge in [-0.2, -0.15) is 5.26 Å². The predicted molar refractivity (Wildman–Crippen MR) is 55.3 cm³/mol. The summed E-state index contributed by atoms with van der Waals surface area (Å²) in [5.41, 5.74) is 0.958. The lowest BCUT2D eigenvalue weighted by atomic mass is 9.76. The van der Waals surface area contributed by atoms with Crippen molar-refractivity contribution in [1.82, 2.24) is 0 Å². The molecule has 0 spiro atoms. The summed E-state index contributed by atoms with van der Waals surface area (Å²) in [4.78, 5) is 0. The summed E-state index contributed by atoms with van der Waals surface area (Å²) >= 11 is 0. The fraction of sp³-hybridized carbons (Fsp3) is 0.417. The maximum Gasteiger partial charge on any atom is 0.231 e. The number of benzene rings is 1. The van der Waals surface area contributed by atoms with Crippen LogP contribution in [0.2, 0.25) is 0 Å². The molecule has 4 nitrogen and oxygen atoms in total. The van der Waals surface area contributed by atoms with Crippen molar-refractivity contribution in [1.29, 1.82) is 5.26 Å². The standard InChI is InChI=1S/C12H11NO3/c13-4-3-12(6-14-7-12)9-1-2-10-11(5-9)16-8-15-10/h1-2,5H,3,6-8H2. The first-order chi connectivity index (χ1) is 7.84. The zero-order chi connectivity index (χ0) is 11.0. The van der Waals surface area contributed by atoms with Gasteiger partial charge in [-0.25, -0.2) is 0 Å². The van der Waals surface area contributed by atoms with E-state index in [0.29, 0.717) is 19.6 Å². The Morgan fingerprint density at radius 1 is 1.25 bits per heavy atom. The van der Waals surface area contributed by atoms with E-state index in [0.717, 1.165) is 17.1 Å². The molecule has 0 atom stereocenters. The van der Waals surface area contributed by atoms with E-state index in [1.807, 2.05) is 18.2 Å². The van der Waals surface area contributed by atoms with Crippen LogP contribution in [-0.4, -0.2) is 20.0 Å². The van der Waals surface area contributed by atoms with Crippen molar-refractivity contribution >= 4 is 0 Å². The van der Waals surface area contributed by atoms with Crippen LogP contribution >= 0.6 is 0 Å². The molecule has 1 saturated heterocycles. The summed E-state index contributed by atoms with van der Waals surface area (Å²) in [5, 5.41) is 8.86. The predicted octanol–water partition coefficient (Wildman–Crippen LogP) is 1.60. The van der Waals surface area contributed by atoms with Crippen molar-refractivity contribution in [2.75, 3.05) is 20.0 Å². The molecular formula is C12H11NO3. The quantitative estimate of drug-likeness (QED) is 0.755. The third-order valence-corrected chi connectivity index (χ3v) is 3.16. The third kappa shape index (κ3) is 1.25. The van der Waals surface area contributed by atoms with Gasteiger partial charge in [-0.15, -0.1) is 0 Å². The minimum Gasteiger partial charge on any atom is -0.454 e. The first-order valence-corrected chi connectivity index (χ1v) is 5.19. The highest BCUT2D eigenvalue weighted by molar-refractivity contribution is 5.47. The smallest absolute Gasteiger partial charge is 0.231 e. The Morgan fingerprint density at radius 3 is 2.75 bits per heavy atom. The lowest BCUT2D eigenvalue weighted by molar-refractivity contribution is -0.0577. The highest BCUT2D eigenvalue weighted by Gasteiger charge is 2.41. The van der Waals surface area contributed by atoms with Crippen LogP contribution in [0.4, 0.5) is 0 Å². The van der Waals surface area contributed by atoms with Gasteiger partial charge in [0.1, 0.15) is 0 Å². The number of nitrogens with zero attached hydrogens (tertiary/aromatic N) is 1. The summed E-state index contributed by atoms with van der Waals surface area (Å²) in [6, 6.07) is 8.08. The van der Waals surface area contributed by atoms with E-state index in [9.17, 15) is 0 Å². The Bertz CT molecular complexity index is 460. The minimum absolute atomic E-state index is 0.143. The second kappa shape index (κ2) is 3.39. The molecule has 2 aliphatic rings. The van der Waals surface area contributed by atoms with Crippen LogP contribution in [0.25, 0.3) is 0 Å². The fourth-order valence-corrected chi connectivity index (χ4v) is 2.10. The van der Waals surface area contributed by atoms with Gasteiger partial charge >= 0.3 is 0 Å². The van der Waals surface area contributed by atoms with Crippen molar-refractivity contribution in [2.45, 2.75) is 11.8 Å². The average molecular weight is 217 g/mol. The molecule has 1 aromatic carbocycles. The molecule has 0 amide bonds. The average Bonchev–Trinajstić information content (AvgIpc) is 2.70. The second-order valence-electron chi connectivity index (χ2n) is 4.18. The topological polar surface area (TPSA) is 51.5 Å². The van der Waals surface area contributed by atoms with E-state index in [1.54, 1.807) is 0 Å². The van der Waals surface area contributed by atoms with E-state index in [2.05, 4.69) is 6.07 Å². The molecular weight excluding hydrogens is 206 g/mol. The Morgan fingerprint density at radius 2 is 2.06 bits per heavy atom. The van der Waals surface area contributed by atoms with Crippen molar-refractivity contribution in [3.8, 4) is 17.6 Å². The number of rotatable bonds is 2. The normalized spacial score (nSPS) is 19.9. The van der Waals surface area contributed by atoms with Gasteiger partial charge in [0, 0.05) is 6.42 Å². The van der Waals surface area contributed by atoms with E-state index < -0.39 is 0 Å². The lowest BCUT2D eigenvalue weighted by Crippen LogP contribution is -2.46. The first kappa shape index (κ1) is 9.49. The molecule has 16 heavy (non-hydrogen) atoms. The van der Waals surface area contributed by atoms with Crippen LogP contribution in [0, 0.1) is 11.3 Å². The molecule has 1 aromatic rings. The lowest BCUT2D eigenvalue weighted by Gasteiger charge is -2.40. The molecule has 3 rings (SSSR count). The number of hydrogen-bond donors (Lipinski definition) is 0. The number of fused-ring (bicyclic) bond motifs is 1. The van der Waals surface area contributed by atoms with Gasteiger partial charge < -0.3 is 14.2 Å². The summed E-state index contributed by atoms with van der Waals surface area (Å²) in [7, 11) is 0. The zero-order valence-electron chi connectivity index (χ0n) is 8.73. The summed E-state index contributed by atoms with van der Waals surface area (Å²) < 4.78 is 15.8. The molecule has 0 N–H and O–H groups in total. The second-order valence-corrected chi connectivity index (χ2v) is 4.18. The third-order valence-electron chi connectivity index (χ3n) is 3.16. The van der Waals surface area contributed by atoms with E-state index >= 15 is 0 Å². The molecule has 0 radical (unpaired) electrons. The molecule has 0 saturated carbocycles. The van der Waals surface area contributed by atoms with Crippen LogP contribution in [0.15, 0.2) is 18.2 Å². The van der Waals surface area contributed by atoms with Gasteiger partial charge in [-0.3, -0.25) is 0 Å². The van der Waals surface area contributed by atoms with Gasteiger partial charge in [0.2, 0.25) is 6.79 Å². The molecule has 0 bridgehead atoms. The Balaban J connectivity index is 1.97. The van der Waals surface area contributed by atoms with Gasteiger partial charge in [0.25, 0.3) is 0 Å². The molecule has 1 fully saturated rings. The molecule has 0 aliphatic carbocycles. The SMILES string of the molecule is N#CCC1(c2ccc3c(c2)OCO3)COC1. The molecule has 0 unspecified atom stereocenters. The Labute approximate surface area is 93.3 Å². The highest BCUT2D eigenvalue weighted by Crippen LogP contribution is 2.41. The van der Waals surface area contributed by atoms with Crippen LogP contribution in [0.3, 0.4) is 0 Å². The zero-order valence-corrected chi connectivity index (χ0v) is 8.73. The maximum atomic E-state index is 8.86. The summed E-state index contributed by atoms with van der Waals surface area (Å²) in [5.74, 6) is 1.54. The summed E-state index contributed by atoms with van der Waals surface area (Å²) in [6.07, 6.45) is 0.479. The number of hydrogen-bond acceptors (Lipinski definition) is 4. The van der Waals surface area contributed by atoms with Crippen molar-refractivity contribution in [3.63, 3.8) is 0 Å². The van der Waals surface area contributed by atoms with Gasteiger partial charge in [-0.05, 0) is 17.7 Å². The largest absolute Gasteiger partial charge is 0.454 e. The van der Waals surface area contributed by atoms with Gasteiger partial charge in [0.05, 0.1) is 24.7 Å². The fourth-order valence-electron chi connectivity index (χ4n) is 2.10. The van der Waals surface area contributed by atoms with Crippen LogP contribution in [0.5, 0.6) is 11.5 Å². The van der Waals surface area contributed by atoms with E-state index in [4.69, 9.17) is 19.5 Å². The minimum atomic E-state index is -0.143. The van der Waals surface area contributed by atoms with Crippen LogP contribution in [-0.2, 0) is 10.2 Å². The summed E-state index contributed by atoms with van der Waals surface area (Å²) in [6.45, 7) is 1.50. The van der Waals surface area contributed by atoms with Crippen molar-refractivity contribution in [3.05, 3.63) is 23.8 Å². The van der Waals surface area contributed by atoms with Gasteiger partial charge in [0.15, 0.2) is 11.5 Å². The monoisotopic (exact) mass is 217 g/mol. The van der Waals surface area contributed by atoms with Crippen LogP contribution in [0.1, 0.15) is 12.0 Å². The molecule has 2 aliphatic heterocycles. The van der Waals surface area contributed by atoms with Gasteiger partial charge in [-0.1, -0.05) is 6.07 Å². The highest BCUT2D eigenvalue weighted by atomic mass is 16.7. The maximum absolute atomic E-state index is 8.86. The van der Waals surface area contributed by atoms with Crippen molar-refractivity contribution in [2.24, 2.45) is 0 Å². The Hall–Kier alpha value is -1.73. The van der Waals surface area contributed by atoms with Crippen LogP contribution < -0.4 is 9.47 Å². The molecule has 82 valence electrons. The number of nitriles is 1. The molecule has 0 aromatic heterocycles.